The summed E-state index contributed by atoms with van der Waals surface area (Å²) in [6.45, 7) is 0.732. The van der Waals surface area contributed by atoms with Crippen molar-refractivity contribution in [3.8, 4) is 11.5 Å². The highest BCUT2D eigenvalue weighted by Gasteiger charge is 2.30. The molecule has 0 atom stereocenters. The van der Waals surface area contributed by atoms with Gasteiger partial charge in [-0.15, -0.1) is 13.2 Å². The van der Waals surface area contributed by atoms with Crippen molar-refractivity contribution in [1.29, 1.82) is 0 Å². The lowest BCUT2D eigenvalue weighted by molar-refractivity contribution is -0.274. The van der Waals surface area contributed by atoms with E-state index >= 15 is 0 Å². The lowest BCUT2D eigenvalue weighted by Crippen LogP contribution is -2.17. The average Bonchev–Trinajstić information content (AvgIpc) is 2.93. The van der Waals surface area contributed by atoms with E-state index in [4.69, 9.17) is 10.5 Å². The van der Waals surface area contributed by atoms with Gasteiger partial charge in [-0.05, 0) is 48.0 Å². The van der Waals surface area contributed by atoms with Crippen LogP contribution in [0.15, 0.2) is 47.5 Å². The minimum atomic E-state index is -4.70. The van der Waals surface area contributed by atoms with Gasteiger partial charge in [-0.2, -0.15) is 0 Å². The first-order valence-electron chi connectivity index (χ1n) is 7.56. The second-order valence-corrected chi connectivity index (χ2v) is 5.41. The molecule has 0 unspecified atom stereocenters. The van der Waals surface area contributed by atoms with Crippen molar-refractivity contribution in [2.45, 2.75) is 12.8 Å². The monoisotopic (exact) mass is 351 g/mol. The predicted molar refractivity (Wildman–Crippen MR) is 89.1 cm³/mol. The van der Waals surface area contributed by atoms with Crippen molar-refractivity contribution in [3.63, 3.8) is 0 Å². The van der Waals surface area contributed by atoms with Gasteiger partial charge in [-0.25, -0.2) is 0 Å². The van der Waals surface area contributed by atoms with Gasteiger partial charge in [0.05, 0.1) is 6.54 Å². The Morgan fingerprint density at radius 1 is 1.08 bits per heavy atom. The topological polar surface area (TPSA) is 68.9 Å². The molecule has 0 aromatic heterocycles. The number of nitrogens with two attached hydrogens (primary N) is 1. The predicted octanol–water partition coefficient (Wildman–Crippen LogP) is 3.61. The second kappa shape index (κ2) is 6.92. The fraction of sp³-hybridized carbons (Fsp3) is 0.235. The summed E-state index contributed by atoms with van der Waals surface area (Å²) in [6.07, 6.45) is -4.02. The highest BCUT2D eigenvalue weighted by Crippen LogP contribution is 2.26. The van der Waals surface area contributed by atoms with E-state index in [1.807, 2.05) is 18.2 Å². The number of nitrogens with zero attached hydrogens (tertiary/aromatic N) is 1. The van der Waals surface area contributed by atoms with Crippen LogP contribution in [0.25, 0.3) is 0 Å². The molecule has 0 bridgehead atoms. The summed E-state index contributed by atoms with van der Waals surface area (Å²) in [5, 5.41) is 3.21. The molecule has 5 nitrogen and oxygen atoms in total. The number of rotatable bonds is 5. The third-order valence-corrected chi connectivity index (χ3v) is 3.49. The van der Waals surface area contributed by atoms with Gasteiger partial charge >= 0.3 is 6.36 Å². The zero-order chi connectivity index (χ0) is 17.9. The summed E-state index contributed by atoms with van der Waals surface area (Å²) in [5.74, 6) is 0.996. The van der Waals surface area contributed by atoms with E-state index in [1.54, 1.807) is 0 Å². The number of nitrogen functional groups attached to an aromatic ring is 1. The summed E-state index contributed by atoms with van der Waals surface area (Å²) in [4.78, 5) is 4.41. The highest BCUT2D eigenvalue weighted by molar-refractivity contribution is 6.03. The number of alkyl halides is 3. The summed E-state index contributed by atoms with van der Waals surface area (Å²) in [6, 6.07) is 10.9. The van der Waals surface area contributed by atoms with Gasteiger partial charge in [0, 0.05) is 17.8 Å². The molecule has 2 aromatic rings. The van der Waals surface area contributed by atoms with Crippen LogP contribution in [-0.2, 0) is 6.42 Å². The average molecular weight is 351 g/mol. The number of aliphatic imine (C=N–C) groups is 1. The summed E-state index contributed by atoms with van der Waals surface area (Å²) in [7, 11) is 0. The molecule has 3 N–H and O–H groups in total. The first kappa shape index (κ1) is 16.9. The summed E-state index contributed by atoms with van der Waals surface area (Å²) < 4.78 is 45.5. The summed E-state index contributed by atoms with van der Waals surface area (Å²) >= 11 is 0. The molecule has 2 aromatic carbocycles. The molecule has 132 valence electrons. The first-order chi connectivity index (χ1) is 11.9. The first-order valence-corrected chi connectivity index (χ1v) is 7.56. The Balaban J connectivity index is 1.46. The van der Waals surface area contributed by atoms with E-state index in [2.05, 4.69) is 15.0 Å². The molecule has 3 rings (SSSR count). The maximum Gasteiger partial charge on any atom is 0.573 e. The van der Waals surface area contributed by atoms with Gasteiger partial charge in [-0.3, -0.25) is 4.99 Å². The highest BCUT2D eigenvalue weighted by atomic mass is 19.4. The number of fused-ring (bicyclic) bond motifs is 1. The Bertz CT molecular complexity index is 774. The number of hydrogen-bond donors (Lipinski definition) is 2. The molecule has 0 fully saturated rings. The van der Waals surface area contributed by atoms with Crippen molar-refractivity contribution in [2.75, 3.05) is 24.2 Å². The summed E-state index contributed by atoms with van der Waals surface area (Å²) in [5.41, 5.74) is 8.55. The molecule has 0 saturated heterocycles. The second-order valence-electron chi connectivity index (χ2n) is 5.41. The van der Waals surface area contributed by atoms with Gasteiger partial charge in [0.25, 0.3) is 0 Å². The Labute approximate surface area is 142 Å². The van der Waals surface area contributed by atoms with Gasteiger partial charge in [0.1, 0.15) is 23.9 Å². The van der Waals surface area contributed by atoms with Gasteiger partial charge in [0.2, 0.25) is 0 Å². The lowest BCUT2D eigenvalue weighted by atomic mass is 10.1. The van der Waals surface area contributed by atoms with Crippen LogP contribution in [0.3, 0.4) is 0 Å². The standard InChI is InChI=1S/C17H16F3N3O2/c18-17(19,20)25-14-4-2-13(3-5-14)24-8-7-22-16-10-11-9-12(21)1-6-15(11)23-16/h1-6,9H,7-8,10,21H2,(H,22,23). The lowest BCUT2D eigenvalue weighted by Gasteiger charge is -2.09. The molecule has 25 heavy (non-hydrogen) atoms. The third kappa shape index (κ3) is 4.79. The van der Waals surface area contributed by atoms with E-state index in [0.29, 0.717) is 31.0 Å². The Hall–Kier alpha value is -2.90. The molecule has 1 aliphatic heterocycles. The van der Waals surface area contributed by atoms with Crippen molar-refractivity contribution >= 4 is 17.2 Å². The quantitative estimate of drug-likeness (QED) is 0.638. The number of amidine groups is 1. The number of nitrogens with one attached hydrogen (secondary N) is 1. The maximum atomic E-state index is 12.1. The molecule has 0 amide bonds. The van der Waals surface area contributed by atoms with Crippen LogP contribution < -0.4 is 20.5 Å². The van der Waals surface area contributed by atoms with Crippen molar-refractivity contribution in [1.82, 2.24) is 0 Å². The normalized spacial score (nSPS) is 14.9. The molecule has 0 aliphatic carbocycles. The number of anilines is 2. The van der Waals surface area contributed by atoms with Crippen LogP contribution >= 0.6 is 0 Å². The van der Waals surface area contributed by atoms with Crippen LogP contribution in [0.5, 0.6) is 11.5 Å². The SMILES string of the molecule is Nc1ccc2c(c1)CC(=NCCOc1ccc(OC(F)(F)F)cc1)N2. The molecule has 1 heterocycles. The van der Waals surface area contributed by atoms with Crippen LogP contribution in [0.1, 0.15) is 5.56 Å². The fourth-order valence-electron chi connectivity index (χ4n) is 2.44. The van der Waals surface area contributed by atoms with Crippen LogP contribution in [0.2, 0.25) is 0 Å². The van der Waals surface area contributed by atoms with Gasteiger partial charge in [-0.1, -0.05) is 0 Å². The third-order valence-electron chi connectivity index (χ3n) is 3.49. The van der Waals surface area contributed by atoms with E-state index < -0.39 is 6.36 Å². The Kier molecular flexibility index (Phi) is 4.69. The van der Waals surface area contributed by atoms with Crippen molar-refractivity contribution < 1.29 is 22.6 Å². The van der Waals surface area contributed by atoms with E-state index in [9.17, 15) is 13.2 Å². The van der Waals surface area contributed by atoms with Crippen molar-refractivity contribution in [2.24, 2.45) is 4.99 Å². The van der Waals surface area contributed by atoms with Gasteiger partial charge < -0.3 is 20.5 Å². The largest absolute Gasteiger partial charge is 0.573 e. The molecular weight excluding hydrogens is 335 g/mol. The maximum absolute atomic E-state index is 12.1. The Morgan fingerprint density at radius 2 is 1.80 bits per heavy atom. The number of ether oxygens (including phenoxy) is 2. The molecule has 1 aliphatic rings. The van der Waals surface area contributed by atoms with Crippen molar-refractivity contribution in [3.05, 3.63) is 48.0 Å². The molecule has 0 spiro atoms. The minimum Gasteiger partial charge on any atom is -0.492 e. The number of halogens is 3. The van der Waals surface area contributed by atoms with Crippen LogP contribution in [-0.4, -0.2) is 25.3 Å². The molecule has 0 saturated carbocycles. The molecular formula is C17H16F3N3O2. The minimum absolute atomic E-state index is 0.285. The molecule has 0 radical (unpaired) electrons. The zero-order valence-electron chi connectivity index (χ0n) is 13.1. The van der Waals surface area contributed by atoms with E-state index in [-0.39, 0.29) is 5.75 Å². The van der Waals surface area contributed by atoms with Crippen LogP contribution in [0.4, 0.5) is 24.5 Å². The van der Waals surface area contributed by atoms with E-state index in [0.717, 1.165) is 17.1 Å². The smallest absolute Gasteiger partial charge is 0.492 e. The number of hydrogen-bond acceptors (Lipinski definition) is 4. The fourth-order valence-corrected chi connectivity index (χ4v) is 2.44. The van der Waals surface area contributed by atoms with E-state index in [1.165, 1.54) is 24.3 Å². The van der Waals surface area contributed by atoms with Crippen LogP contribution in [0, 0.1) is 0 Å². The molecule has 8 heteroatoms. The zero-order valence-corrected chi connectivity index (χ0v) is 13.1. The number of benzene rings is 2. The van der Waals surface area contributed by atoms with Gasteiger partial charge in [0.15, 0.2) is 0 Å². The Morgan fingerprint density at radius 3 is 2.52 bits per heavy atom.